The van der Waals surface area contributed by atoms with Crippen molar-refractivity contribution in [3.8, 4) is 0 Å². The number of hydrogen-bond acceptors (Lipinski definition) is 9. The minimum Gasteiger partial charge on any atom is -0.468 e. The molecule has 0 spiro atoms. The Morgan fingerprint density at radius 1 is 1.13 bits per heavy atom. The number of esters is 1. The molecule has 0 aliphatic heterocycles. The average molecular weight is 479 g/mol. The maximum atomic E-state index is 12.8. The summed E-state index contributed by atoms with van der Waals surface area (Å²) in [5.41, 5.74) is 1.07. The Bertz CT molecular complexity index is 1200. The van der Waals surface area contributed by atoms with Crippen molar-refractivity contribution in [2.75, 3.05) is 22.9 Å². The standard InChI is InChI=1S/C19H18N4O5S3/c1-12-8-9-13(10-15(12)31(26,27)23-14-6-4-3-5-7-14)17(25)20-18-21-22-19(30-18)29-11-16(24)28-2/h3-10,23H,11H2,1-2H3,(H,20,21,25). The second-order valence-corrected chi connectivity index (χ2v) is 9.99. The van der Waals surface area contributed by atoms with Crippen LogP contribution in [0.5, 0.6) is 0 Å². The van der Waals surface area contributed by atoms with Gasteiger partial charge in [-0.1, -0.05) is 47.4 Å². The molecule has 1 heterocycles. The fraction of sp³-hybridized carbons (Fsp3) is 0.158. The van der Waals surface area contributed by atoms with Gasteiger partial charge in [-0.25, -0.2) is 8.42 Å². The highest BCUT2D eigenvalue weighted by Gasteiger charge is 2.20. The average Bonchev–Trinajstić information content (AvgIpc) is 3.19. The van der Waals surface area contributed by atoms with Crippen LogP contribution in [0.3, 0.4) is 0 Å². The SMILES string of the molecule is COC(=O)CSc1nnc(NC(=O)c2ccc(C)c(S(=O)(=O)Nc3ccccc3)c2)s1. The lowest BCUT2D eigenvalue weighted by atomic mass is 10.1. The minimum atomic E-state index is -3.89. The molecule has 9 nitrogen and oxygen atoms in total. The summed E-state index contributed by atoms with van der Waals surface area (Å²) in [7, 11) is -2.60. The molecule has 0 radical (unpaired) electrons. The number of nitrogens with one attached hydrogen (secondary N) is 2. The monoisotopic (exact) mass is 478 g/mol. The molecule has 0 unspecified atom stereocenters. The van der Waals surface area contributed by atoms with Gasteiger partial charge in [0.2, 0.25) is 5.13 Å². The number of benzene rings is 2. The zero-order valence-electron chi connectivity index (χ0n) is 16.5. The number of amides is 1. The van der Waals surface area contributed by atoms with Crippen molar-refractivity contribution in [2.45, 2.75) is 16.2 Å². The fourth-order valence-corrected chi connectivity index (χ4v) is 5.32. The summed E-state index contributed by atoms with van der Waals surface area (Å²) < 4.78 is 33.2. The molecule has 2 aromatic carbocycles. The van der Waals surface area contributed by atoms with E-state index in [1.165, 1.54) is 19.2 Å². The summed E-state index contributed by atoms with van der Waals surface area (Å²) in [6.07, 6.45) is 0. The highest BCUT2D eigenvalue weighted by atomic mass is 32.2. The smallest absolute Gasteiger partial charge is 0.316 e. The maximum Gasteiger partial charge on any atom is 0.316 e. The third kappa shape index (κ3) is 6.03. The molecule has 2 N–H and O–H groups in total. The zero-order valence-corrected chi connectivity index (χ0v) is 18.9. The summed E-state index contributed by atoms with van der Waals surface area (Å²) >= 11 is 2.23. The van der Waals surface area contributed by atoms with Crippen LogP contribution in [0.1, 0.15) is 15.9 Å². The van der Waals surface area contributed by atoms with Crippen molar-refractivity contribution in [1.29, 1.82) is 0 Å². The van der Waals surface area contributed by atoms with E-state index in [0.29, 0.717) is 15.6 Å². The van der Waals surface area contributed by atoms with Gasteiger partial charge in [-0.3, -0.25) is 19.6 Å². The van der Waals surface area contributed by atoms with Crippen molar-refractivity contribution in [3.05, 3.63) is 59.7 Å². The van der Waals surface area contributed by atoms with Gasteiger partial charge in [0.05, 0.1) is 17.8 Å². The minimum absolute atomic E-state index is 0.00408. The predicted octanol–water partition coefficient (Wildman–Crippen LogP) is 3.16. The predicted molar refractivity (Wildman–Crippen MR) is 119 cm³/mol. The van der Waals surface area contributed by atoms with Gasteiger partial charge in [0.15, 0.2) is 4.34 Å². The Kier molecular flexibility index (Phi) is 7.25. The first-order valence-electron chi connectivity index (χ1n) is 8.81. The first-order chi connectivity index (χ1) is 14.8. The van der Waals surface area contributed by atoms with Crippen LogP contribution >= 0.6 is 23.1 Å². The Balaban J connectivity index is 1.74. The van der Waals surface area contributed by atoms with Crippen molar-refractivity contribution < 1.29 is 22.7 Å². The molecule has 3 rings (SSSR count). The molecule has 0 fully saturated rings. The molecule has 12 heteroatoms. The van der Waals surface area contributed by atoms with Gasteiger partial charge < -0.3 is 4.74 Å². The molecule has 0 saturated carbocycles. The van der Waals surface area contributed by atoms with Crippen molar-refractivity contribution in [2.24, 2.45) is 0 Å². The summed E-state index contributed by atoms with van der Waals surface area (Å²) in [5, 5.41) is 10.6. The van der Waals surface area contributed by atoms with E-state index in [-0.39, 0.29) is 21.3 Å². The lowest BCUT2D eigenvalue weighted by Gasteiger charge is -2.12. The van der Waals surface area contributed by atoms with Crippen LogP contribution < -0.4 is 10.0 Å². The number of aromatic nitrogens is 2. The summed E-state index contributed by atoms with van der Waals surface area (Å²) in [5.74, 6) is -0.854. The van der Waals surface area contributed by atoms with Gasteiger partial charge in [-0.2, -0.15) is 0 Å². The fourth-order valence-electron chi connectivity index (χ4n) is 2.41. The first-order valence-corrected chi connectivity index (χ1v) is 12.1. The third-order valence-electron chi connectivity index (χ3n) is 3.93. The second kappa shape index (κ2) is 9.90. The van der Waals surface area contributed by atoms with Crippen LogP contribution in [0.4, 0.5) is 10.8 Å². The molecule has 1 aromatic heterocycles. The molecule has 3 aromatic rings. The molecular weight excluding hydrogens is 460 g/mol. The van der Waals surface area contributed by atoms with Crippen molar-refractivity contribution in [1.82, 2.24) is 10.2 Å². The van der Waals surface area contributed by atoms with E-state index in [1.54, 1.807) is 43.3 Å². The van der Waals surface area contributed by atoms with Crippen molar-refractivity contribution >= 4 is 55.8 Å². The lowest BCUT2D eigenvalue weighted by molar-refractivity contribution is -0.137. The molecule has 0 saturated heterocycles. The number of carbonyl (C=O) groups is 2. The molecule has 31 heavy (non-hydrogen) atoms. The van der Waals surface area contributed by atoms with Gasteiger partial charge in [0.25, 0.3) is 15.9 Å². The third-order valence-corrected chi connectivity index (χ3v) is 7.40. The molecule has 0 aliphatic rings. The maximum absolute atomic E-state index is 12.8. The van der Waals surface area contributed by atoms with Crippen LogP contribution in [0.2, 0.25) is 0 Å². The summed E-state index contributed by atoms with van der Waals surface area (Å²) in [6.45, 7) is 1.65. The number of para-hydroxylation sites is 1. The lowest BCUT2D eigenvalue weighted by Crippen LogP contribution is -2.17. The summed E-state index contributed by atoms with van der Waals surface area (Å²) in [4.78, 5) is 23.8. The number of carbonyl (C=O) groups excluding carboxylic acids is 2. The van der Waals surface area contributed by atoms with Crippen LogP contribution in [0.15, 0.2) is 57.8 Å². The van der Waals surface area contributed by atoms with Gasteiger partial charge >= 0.3 is 5.97 Å². The molecule has 0 bridgehead atoms. The quantitative estimate of drug-likeness (QED) is 0.287. The number of rotatable bonds is 8. The molecule has 0 atom stereocenters. The van der Waals surface area contributed by atoms with E-state index in [4.69, 9.17) is 0 Å². The van der Waals surface area contributed by atoms with E-state index in [9.17, 15) is 18.0 Å². The van der Waals surface area contributed by atoms with Gasteiger partial charge in [0.1, 0.15) is 0 Å². The van der Waals surface area contributed by atoms with E-state index < -0.39 is 21.9 Å². The van der Waals surface area contributed by atoms with Gasteiger partial charge in [-0.15, -0.1) is 10.2 Å². The molecule has 162 valence electrons. The van der Waals surface area contributed by atoms with Crippen LogP contribution in [-0.4, -0.2) is 43.4 Å². The number of anilines is 2. The number of aryl methyl sites for hydroxylation is 1. The Hall–Kier alpha value is -2.96. The van der Waals surface area contributed by atoms with E-state index in [0.717, 1.165) is 23.1 Å². The highest BCUT2D eigenvalue weighted by molar-refractivity contribution is 8.01. The number of sulfonamides is 1. The normalized spacial score (nSPS) is 11.0. The molecule has 0 aliphatic carbocycles. The van der Waals surface area contributed by atoms with Crippen molar-refractivity contribution in [3.63, 3.8) is 0 Å². The van der Waals surface area contributed by atoms with Gasteiger partial charge in [-0.05, 0) is 36.8 Å². The summed E-state index contributed by atoms with van der Waals surface area (Å²) in [6, 6.07) is 12.9. The molecular formula is C19H18N4O5S3. The number of hydrogen-bond donors (Lipinski definition) is 2. The highest BCUT2D eigenvalue weighted by Crippen LogP contribution is 2.26. The van der Waals surface area contributed by atoms with Crippen LogP contribution in [0.25, 0.3) is 0 Å². The number of nitrogens with zero attached hydrogens (tertiary/aromatic N) is 2. The number of methoxy groups -OCH3 is 1. The van der Waals surface area contributed by atoms with Gasteiger partial charge in [0, 0.05) is 11.3 Å². The number of ether oxygens (including phenoxy) is 1. The largest absolute Gasteiger partial charge is 0.468 e. The second-order valence-electron chi connectivity index (χ2n) is 6.14. The Morgan fingerprint density at radius 3 is 2.58 bits per heavy atom. The topological polar surface area (TPSA) is 127 Å². The van der Waals surface area contributed by atoms with E-state index >= 15 is 0 Å². The first kappa shape index (κ1) is 22.7. The zero-order chi connectivity index (χ0) is 22.4. The number of thioether (sulfide) groups is 1. The van der Waals surface area contributed by atoms with E-state index in [2.05, 4.69) is 25.0 Å². The van der Waals surface area contributed by atoms with Crippen LogP contribution in [-0.2, 0) is 19.6 Å². The Morgan fingerprint density at radius 2 is 1.87 bits per heavy atom. The van der Waals surface area contributed by atoms with Crippen LogP contribution in [0, 0.1) is 6.92 Å². The van der Waals surface area contributed by atoms with E-state index in [1.807, 2.05) is 0 Å². The molecule has 1 amide bonds. The Labute approximate surface area is 187 Å².